The lowest BCUT2D eigenvalue weighted by atomic mass is 10.2. The fourth-order valence-corrected chi connectivity index (χ4v) is 4.30. The summed E-state index contributed by atoms with van der Waals surface area (Å²) in [6.07, 6.45) is 1.81. The summed E-state index contributed by atoms with van der Waals surface area (Å²) in [6.45, 7) is -0.126. The average molecular weight is 396 g/mol. The topological polar surface area (TPSA) is 62.6 Å². The van der Waals surface area contributed by atoms with Crippen LogP contribution >= 0.6 is 11.8 Å². The summed E-state index contributed by atoms with van der Waals surface area (Å²) >= 11 is 1.55. The van der Waals surface area contributed by atoms with Crippen molar-refractivity contribution in [3.63, 3.8) is 0 Å². The first kappa shape index (κ1) is 18.3. The fourth-order valence-electron chi connectivity index (χ4n) is 3.06. The predicted molar refractivity (Wildman–Crippen MR) is 106 cm³/mol. The second-order valence-corrected chi connectivity index (χ2v) is 7.57. The summed E-state index contributed by atoms with van der Waals surface area (Å²) in [5.41, 5.74) is 1.17. The summed E-state index contributed by atoms with van der Waals surface area (Å²) < 4.78 is 18.5. The van der Waals surface area contributed by atoms with E-state index in [0.29, 0.717) is 11.4 Å². The third-order valence-electron chi connectivity index (χ3n) is 4.38. The van der Waals surface area contributed by atoms with E-state index >= 15 is 0 Å². The molecule has 0 spiro atoms. The van der Waals surface area contributed by atoms with Crippen molar-refractivity contribution in [3.05, 3.63) is 78.5 Å². The number of furan rings is 1. The van der Waals surface area contributed by atoms with Crippen molar-refractivity contribution in [1.29, 1.82) is 0 Å². The second-order valence-electron chi connectivity index (χ2n) is 6.33. The Labute approximate surface area is 165 Å². The number of benzene rings is 2. The van der Waals surface area contributed by atoms with Gasteiger partial charge in [0.25, 0.3) is 0 Å². The standard InChI is InChI=1S/C21H17FN2O3S/c22-14-7-9-15(10-8-14)23-20(25)13-24-16-4-1-2-6-18(16)28-19(12-21(24)26)17-5-3-11-27-17/h1-11,19H,12-13H2,(H,23,25)/t19-/m0/s1. The number of anilines is 2. The number of hydrogen-bond donors (Lipinski definition) is 1. The van der Waals surface area contributed by atoms with Crippen LogP contribution in [-0.2, 0) is 9.59 Å². The number of amides is 2. The fraction of sp³-hybridized carbons (Fsp3) is 0.143. The molecule has 2 heterocycles. The molecule has 0 saturated carbocycles. The summed E-state index contributed by atoms with van der Waals surface area (Å²) in [7, 11) is 0. The van der Waals surface area contributed by atoms with Gasteiger partial charge in [-0.15, -0.1) is 11.8 Å². The molecule has 5 nitrogen and oxygen atoms in total. The van der Waals surface area contributed by atoms with E-state index in [-0.39, 0.29) is 35.8 Å². The number of para-hydroxylation sites is 1. The van der Waals surface area contributed by atoms with Gasteiger partial charge in [-0.05, 0) is 48.5 Å². The average Bonchev–Trinajstić information content (AvgIpc) is 3.18. The number of rotatable bonds is 4. The van der Waals surface area contributed by atoms with Crippen LogP contribution in [0.15, 0.2) is 76.2 Å². The quantitative estimate of drug-likeness (QED) is 0.699. The molecule has 1 aromatic heterocycles. The molecule has 0 saturated heterocycles. The first-order valence-corrected chi connectivity index (χ1v) is 9.63. The highest BCUT2D eigenvalue weighted by Gasteiger charge is 2.31. The minimum atomic E-state index is -0.379. The molecule has 142 valence electrons. The zero-order chi connectivity index (χ0) is 19.5. The Morgan fingerprint density at radius 3 is 2.68 bits per heavy atom. The molecule has 3 aromatic rings. The smallest absolute Gasteiger partial charge is 0.244 e. The summed E-state index contributed by atoms with van der Waals surface area (Å²) in [6, 6.07) is 16.6. The molecule has 1 atom stereocenters. The zero-order valence-electron chi connectivity index (χ0n) is 14.8. The molecule has 0 bridgehead atoms. The Hall–Kier alpha value is -3.06. The summed E-state index contributed by atoms with van der Waals surface area (Å²) in [5.74, 6) is -0.161. The number of thioether (sulfide) groups is 1. The maximum absolute atomic E-state index is 13.0. The molecular formula is C21H17FN2O3S. The molecule has 4 rings (SSSR count). The van der Waals surface area contributed by atoms with Gasteiger partial charge in [-0.25, -0.2) is 4.39 Å². The van der Waals surface area contributed by atoms with Gasteiger partial charge in [-0.3, -0.25) is 9.59 Å². The molecule has 2 aromatic carbocycles. The van der Waals surface area contributed by atoms with Crippen LogP contribution in [0.4, 0.5) is 15.8 Å². The minimum Gasteiger partial charge on any atom is -0.468 e. The molecule has 0 unspecified atom stereocenters. The molecule has 28 heavy (non-hydrogen) atoms. The van der Waals surface area contributed by atoms with Gasteiger partial charge in [-0.1, -0.05) is 12.1 Å². The van der Waals surface area contributed by atoms with E-state index in [0.717, 1.165) is 10.7 Å². The van der Waals surface area contributed by atoms with Gasteiger partial charge in [-0.2, -0.15) is 0 Å². The van der Waals surface area contributed by atoms with Crippen LogP contribution in [0, 0.1) is 5.82 Å². The van der Waals surface area contributed by atoms with Crippen LogP contribution in [0.5, 0.6) is 0 Å². The van der Waals surface area contributed by atoms with E-state index in [9.17, 15) is 14.0 Å². The maximum Gasteiger partial charge on any atom is 0.244 e. The lowest BCUT2D eigenvalue weighted by molar-refractivity contribution is -0.121. The van der Waals surface area contributed by atoms with E-state index in [1.807, 2.05) is 30.3 Å². The van der Waals surface area contributed by atoms with Gasteiger partial charge in [0.1, 0.15) is 18.1 Å². The van der Waals surface area contributed by atoms with Crippen LogP contribution in [-0.4, -0.2) is 18.4 Å². The lowest BCUT2D eigenvalue weighted by Crippen LogP contribution is -2.38. The molecule has 1 aliphatic rings. The van der Waals surface area contributed by atoms with Gasteiger partial charge in [0.15, 0.2) is 0 Å². The monoisotopic (exact) mass is 396 g/mol. The zero-order valence-corrected chi connectivity index (χ0v) is 15.6. The van der Waals surface area contributed by atoms with E-state index in [2.05, 4.69) is 5.32 Å². The third kappa shape index (κ3) is 3.94. The first-order chi connectivity index (χ1) is 13.6. The van der Waals surface area contributed by atoms with E-state index < -0.39 is 0 Å². The Balaban J connectivity index is 1.56. The molecule has 0 aliphatic carbocycles. The highest BCUT2D eigenvalue weighted by Crippen LogP contribution is 2.45. The number of fused-ring (bicyclic) bond motifs is 1. The minimum absolute atomic E-state index is 0.126. The van der Waals surface area contributed by atoms with Crippen LogP contribution in [0.3, 0.4) is 0 Å². The van der Waals surface area contributed by atoms with Crippen LogP contribution < -0.4 is 10.2 Å². The van der Waals surface area contributed by atoms with Gasteiger partial charge in [0.2, 0.25) is 11.8 Å². The molecule has 0 radical (unpaired) electrons. The molecule has 2 amide bonds. The van der Waals surface area contributed by atoms with Crippen molar-refractivity contribution in [2.45, 2.75) is 16.6 Å². The molecule has 1 aliphatic heterocycles. The van der Waals surface area contributed by atoms with Crippen molar-refractivity contribution in [1.82, 2.24) is 0 Å². The molecule has 1 N–H and O–H groups in total. The molecular weight excluding hydrogens is 379 g/mol. The number of halogens is 1. The second kappa shape index (κ2) is 7.90. The van der Waals surface area contributed by atoms with Crippen LogP contribution in [0.25, 0.3) is 0 Å². The SMILES string of the molecule is O=C(CN1C(=O)C[C@@H](c2ccco2)Sc2ccccc21)Nc1ccc(F)cc1. The number of nitrogens with zero attached hydrogens (tertiary/aromatic N) is 1. The normalized spacial score (nSPS) is 16.4. The predicted octanol–water partition coefficient (Wildman–Crippen LogP) is 4.63. The van der Waals surface area contributed by atoms with Crippen molar-refractivity contribution < 1.29 is 18.4 Å². The van der Waals surface area contributed by atoms with Gasteiger partial charge < -0.3 is 14.6 Å². The first-order valence-electron chi connectivity index (χ1n) is 8.75. The van der Waals surface area contributed by atoms with Crippen LogP contribution in [0.1, 0.15) is 17.4 Å². The van der Waals surface area contributed by atoms with Crippen molar-refractivity contribution >= 4 is 35.0 Å². The van der Waals surface area contributed by atoms with E-state index in [1.165, 1.54) is 29.2 Å². The van der Waals surface area contributed by atoms with E-state index in [1.54, 1.807) is 24.1 Å². The highest BCUT2D eigenvalue weighted by molar-refractivity contribution is 7.99. The third-order valence-corrected chi connectivity index (χ3v) is 5.66. The number of hydrogen-bond acceptors (Lipinski definition) is 4. The summed E-state index contributed by atoms with van der Waals surface area (Å²) in [5, 5.41) is 2.54. The Morgan fingerprint density at radius 2 is 1.93 bits per heavy atom. The Kier molecular flexibility index (Phi) is 5.16. The van der Waals surface area contributed by atoms with Crippen molar-refractivity contribution in [2.24, 2.45) is 0 Å². The van der Waals surface area contributed by atoms with Crippen LogP contribution in [0.2, 0.25) is 0 Å². The number of nitrogens with one attached hydrogen (secondary N) is 1. The summed E-state index contributed by atoms with van der Waals surface area (Å²) in [4.78, 5) is 27.9. The van der Waals surface area contributed by atoms with Gasteiger partial charge >= 0.3 is 0 Å². The Morgan fingerprint density at radius 1 is 1.14 bits per heavy atom. The largest absolute Gasteiger partial charge is 0.468 e. The van der Waals surface area contributed by atoms with Crippen molar-refractivity contribution in [2.75, 3.05) is 16.8 Å². The number of carbonyl (C=O) groups is 2. The van der Waals surface area contributed by atoms with Gasteiger partial charge in [0, 0.05) is 17.0 Å². The lowest BCUT2D eigenvalue weighted by Gasteiger charge is -2.22. The number of carbonyl (C=O) groups excluding carboxylic acids is 2. The highest BCUT2D eigenvalue weighted by atomic mass is 32.2. The Bertz CT molecular complexity index is 989. The van der Waals surface area contributed by atoms with E-state index in [4.69, 9.17) is 4.42 Å². The molecule has 0 fully saturated rings. The molecule has 7 heteroatoms. The van der Waals surface area contributed by atoms with Crippen molar-refractivity contribution in [3.8, 4) is 0 Å². The van der Waals surface area contributed by atoms with Gasteiger partial charge in [0.05, 0.1) is 17.2 Å². The maximum atomic E-state index is 13.0.